The van der Waals surface area contributed by atoms with Crippen molar-refractivity contribution in [3.05, 3.63) is 35.4 Å². The minimum absolute atomic E-state index is 0.264. The van der Waals surface area contributed by atoms with Crippen LogP contribution < -0.4 is 0 Å². The molecule has 0 radical (unpaired) electrons. The van der Waals surface area contributed by atoms with E-state index < -0.39 is 29.7 Å². The van der Waals surface area contributed by atoms with Gasteiger partial charge in [-0.25, -0.2) is 13.6 Å². The summed E-state index contributed by atoms with van der Waals surface area (Å²) in [6, 6.07) is 2.19. The second-order valence-electron chi connectivity index (χ2n) is 3.03. The van der Waals surface area contributed by atoms with Crippen molar-refractivity contribution in [3.8, 4) is 0 Å². The number of carbonyl (C=O) groups is 2. The summed E-state index contributed by atoms with van der Waals surface area (Å²) >= 11 is 0. The molecule has 1 unspecified atom stereocenters. The fourth-order valence-electron chi connectivity index (χ4n) is 1.15. The number of benzene rings is 1. The molecule has 0 spiro atoms. The van der Waals surface area contributed by atoms with E-state index in [0.717, 1.165) is 19.1 Å². The Bertz CT molecular complexity index is 411. The van der Waals surface area contributed by atoms with Crippen LogP contribution in [0.2, 0.25) is 0 Å². The van der Waals surface area contributed by atoms with Crippen LogP contribution in [0, 0.1) is 11.6 Å². The van der Waals surface area contributed by atoms with Gasteiger partial charge in [0.05, 0.1) is 0 Å². The number of carboxylic acid groups (broad SMARTS) is 1. The molecule has 1 atom stereocenters. The van der Waals surface area contributed by atoms with Gasteiger partial charge in [0, 0.05) is 18.6 Å². The summed E-state index contributed by atoms with van der Waals surface area (Å²) in [4.78, 5) is 21.4. The number of hydrogen-bond acceptors (Lipinski definition) is 3. The van der Waals surface area contributed by atoms with Gasteiger partial charge in [0.2, 0.25) is 6.10 Å². The van der Waals surface area contributed by atoms with E-state index in [1.165, 1.54) is 0 Å². The van der Waals surface area contributed by atoms with Crippen LogP contribution in [0.4, 0.5) is 8.78 Å². The van der Waals surface area contributed by atoms with Gasteiger partial charge in [-0.3, -0.25) is 4.79 Å². The Morgan fingerprint density at radius 3 is 2.12 bits per heavy atom. The van der Waals surface area contributed by atoms with Gasteiger partial charge < -0.3 is 9.84 Å². The van der Waals surface area contributed by atoms with Crippen molar-refractivity contribution in [1.29, 1.82) is 0 Å². The zero-order valence-corrected chi connectivity index (χ0v) is 8.24. The summed E-state index contributed by atoms with van der Waals surface area (Å²) in [5, 5.41) is 8.74. The molecule has 1 aromatic carbocycles. The summed E-state index contributed by atoms with van der Waals surface area (Å²) in [5.41, 5.74) is -0.264. The molecule has 0 aliphatic heterocycles. The number of aliphatic carboxylic acids is 1. The third-order valence-electron chi connectivity index (χ3n) is 1.70. The smallest absolute Gasteiger partial charge is 0.349 e. The van der Waals surface area contributed by atoms with Crippen LogP contribution >= 0.6 is 0 Å². The largest absolute Gasteiger partial charge is 0.478 e. The van der Waals surface area contributed by atoms with E-state index in [-0.39, 0.29) is 5.56 Å². The minimum Gasteiger partial charge on any atom is -0.478 e. The second-order valence-corrected chi connectivity index (χ2v) is 3.03. The quantitative estimate of drug-likeness (QED) is 0.802. The number of ether oxygens (including phenoxy) is 1. The van der Waals surface area contributed by atoms with E-state index in [4.69, 9.17) is 5.11 Å². The highest BCUT2D eigenvalue weighted by Gasteiger charge is 2.24. The predicted molar refractivity (Wildman–Crippen MR) is 48.5 cm³/mol. The Hall–Kier alpha value is -1.98. The monoisotopic (exact) mass is 230 g/mol. The molecule has 0 aliphatic rings. The standard InChI is InChI=1S/C10H8F2O4/c1-5(13)16-9(10(14)15)6-2-7(11)4-8(12)3-6/h2-4,9H,1H3,(H,14,15). The molecule has 0 aromatic heterocycles. The number of rotatable bonds is 3. The molecule has 1 rings (SSSR count). The van der Waals surface area contributed by atoms with Crippen LogP contribution in [0.25, 0.3) is 0 Å². The van der Waals surface area contributed by atoms with Gasteiger partial charge in [-0.05, 0) is 12.1 Å². The zero-order chi connectivity index (χ0) is 12.3. The number of carboxylic acids is 1. The Balaban J connectivity index is 3.10. The van der Waals surface area contributed by atoms with Gasteiger partial charge in [-0.1, -0.05) is 0 Å². The molecule has 1 aromatic rings. The highest BCUT2D eigenvalue weighted by atomic mass is 19.1. The van der Waals surface area contributed by atoms with E-state index in [1.807, 2.05) is 0 Å². The fourth-order valence-corrected chi connectivity index (χ4v) is 1.15. The summed E-state index contributed by atoms with van der Waals surface area (Å²) in [7, 11) is 0. The molecule has 0 saturated carbocycles. The van der Waals surface area contributed by atoms with Crippen molar-refractivity contribution in [2.75, 3.05) is 0 Å². The molecule has 86 valence electrons. The Morgan fingerprint density at radius 1 is 1.25 bits per heavy atom. The van der Waals surface area contributed by atoms with Gasteiger partial charge in [-0.2, -0.15) is 0 Å². The topological polar surface area (TPSA) is 63.6 Å². The van der Waals surface area contributed by atoms with E-state index in [1.54, 1.807) is 0 Å². The Labute approximate surface area is 89.5 Å². The van der Waals surface area contributed by atoms with Crippen molar-refractivity contribution in [2.24, 2.45) is 0 Å². The van der Waals surface area contributed by atoms with Gasteiger partial charge in [0.25, 0.3) is 0 Å². The maximum absolute atomic E-state index is 12.8. The normalized spacial score (nSPS) is 11.9. The van der Waals surface area contributed by atoms with Crippen molar-refractivity contribution in [2.45, 2.75) is 13.0 Å². The van der Waals surface area contributed by atoms with Gasteiger partial charge in [-0.15, -0.1) is 0 Å². The van der Waals surface area contributed by atoms with Crippen LogP contribution in [0.1, 0.15) is 18.6 Å². The number of halogens is 2. The maximum atomic E-state index is 12.8. The maximum Gasteiger partial charge on any atom is 0.349 e. The van der Waals surface area contributed by atoms with Crippen molar-refractivity contribution >= 4 is 11.9 Å². The number of carbonyl (C=O) groups excluding carboxylic acids is 1. The molecule has 0 amide bonds. The molecule has 1 N–H and O–H groups in total. The summed E-state index contributed by atoms with van der Waals surface area (Å²) in [6.45, 7) is 1.01. The van der Waals surface area contributed by atoms with Crippen molar-refractivity contribution in [1.82, 2.24) is 0 Å². The molecular formula is C10H8F2O4. The molecular weight excluding hydrogens is 222 g/mol. The predicted octanol–water partition coefficient (Wildman–Crippen LogP) is 1.65. The van der Waals surface area contributed by atoms with E-state index in [0.29, 0.717) is 6.07 Å². The first kappa shape index (κ1) is 12.1. The second kappa shape index (κ2) is 4.69. The van der Waals surface area contributed by atoms with E-state index >= 15 is 0 Å². The summed E-state index contributed by atoms with van der Waals surface area (Å²) in [5.74, 6) is -4.22. The van der Waals surface area contributed by atoms with Crippen LogP contribution in [-0.2, 0) is 14.3 Å². The summed E-state index contributed by atoms with van der Waals surface area (Å²) < 4.78 is 30.1. The Morgan fingerprint density at radius 2 is 1.75 bits per heavy atom. The molecule has 6 heteroatoms. The zero-order valence-electron chi connectivity index (χ0n) is 8.24. The van der Waals surface area contributed by atoms with Crippen LogP contribution in [-0.4, -0.2) is 17.0 Å². The first-order valence-electron chi connectivity index (χ1n) is 4.26. The highest BCUT2D eigenvalue weighted by Crippen LogP contribution is 2.20. The average molecular weight is 230 g/mol. The molecule has 0 fully saturated rings. The molecule has 4 nitrogen and oxygen atoms in total. The average Bonchev–Trinajstić information content (AvgIpc) is 2.11. The molecule has 0 aliphatic carbocycles. The van der Waals surface area contributed by atoms with Crippen LogP contribution in [0.3, 0.4) is 0 Å². The molecule has 0 heterocycles. The van der Waals surface area contributed by atoms with Crippen molar-refractivity contribution in [3.63, 3.8) is 0 Å². The molecule has 0 saturated heterocycles. The fraction of sp³-hybridized carbons (Fsp3) is 0.200. The van der Waals surface area contributed by atoms with E-state index in [9.17, 15) is 18.4 Å². The lowest BCUT2D eigenvalue weighted by Crippen LogP contribution is -2.18. The van der Waals surface area contributed by atoms with E-state index in [2.05, 4.69) is 4.74 Å². The lowest BCUT2D eigenvalue weighted by Gasteiger charge is -2.12. The highest BCUT2D eigenvalue weighted by molar-refractivity contribution is 5.78. The number of esters is 1. The summed E-state index contributed by atoms with van der Waals surface area (Å²) in [6.07, 6.45) is -1.71. The molecule has 16 heavy (non-hydrogen) atoms. The molecule has 0 bridgehead atoms. The first-order valence-corrected chi connectivity index (χ1v) is 4.26. The van der Waals surface area contributed by atoms with Crippen molar-refractivity contribution < 1.29 is 28.2 Å². The van der Waals surface area contributed by atoms with Gasteiger partial charge >= 0.3 is 11.9 Å². The third kappa shape index (κ3) is 3.01. The van der Waals surface area contributed by atoms with Gasteiger partial charge in [0.1, 0.15) is 11.6 Å². The third-order valence-corrected chi connectivity index (χ3v) is 1.70. The first-order chi connectivity index (χ1) is 7.40. The van der Waals surface area contributed by atoms with Crippen LogP contribution in [0.15, 0.2) is 18.2 Å². The minimum atomic E-state index is -1.71. The lowest BCUT2D eigenvalue weighted by molar-refractivity contribution is -0.163. The lowest BCUT2D eigenvalue weighted by atomic mass is 10.1. The SMILES string of the molecule is CC(=O)OC(C(=O)O)c1cc(F)cc(F)c1. The van der Waals surface area contributed by atoms with Gasteiger partial charge in [0.15, 0.2) is 0 Å². The Kier molecular flexibility index (Phi) is 3.55. The number of hydrogen-bond donors (Lipinski definition) is 1. The van der Waals surface area contributed by atoms with Crippen LogP contribution in [0.5, 0.6) is 0 Å².